The Bertz CT molecular complexity index is 996. The summed E-state index contributed by atoms with van der Waals surface area (Å²) in [5, 5.41) is 4.70. The molecule has 27 heavy (non-hydrogen) atoms. The maximum absolute atomic E-state index is 12.0. The summed E-state index contributed by atoms with van der Waals surface area (Å²) < 4.78 is 6.60. The van der Waals surface area contributed by atoms with E-state index in [1.165, 1.54) is 25.1 Å². The summed E-state index contributed by atoms with van der Waals surface area (Å²) in [6.45, 7) is 0. The maximum atomic E-state index is 12.0. The minimum Gasteiger partial charge on any atom is -0.465 e. The molecule has 0 bridgehead atoms. The van der Waals surface area contributed by atoms with Crippen LogP contribution in [-0.2, 0) is 16.6 Å². The van der Waals surface area contributed by atoms with Crippen molar-refractivity contribution in [2.75, 3.05) is 12.9 Å². The average molecular weight is 382 g/mol. The molecule has 7 nitrogen and oxygen atoms in total. The lowest BCUT2D eigenvalue weighted by Gasteiger charge is -2.02. The van der Waals surface area contributed by atoms with Crippen molar-refractivity contribution in [3.8, 4) is 0 Å². The van der Waals surface area contributed by atoms with Crippen LogP contribution in [0.2, 0.25) is 0 Å². The van der Waals surface area contributed by atoms with Crippen LogP contribution in [0.5, 0.6) is 0 Å². The van der Waals surface area contributed by atoms with Gasteiger partial charge in [0, 0.05) is 7.05 Å². The van der Waals surface area contributed by atoms with Gasteiger partial charge in [-0.1, -0.05) is 36.0 Å². The van der Waals surface area contributed by atoms with Gasteiger partial charge in [0.15, 0.2) is 5.16 Å². The molecule has 0 aliphatic rings. The van der Waals surface area contributed by atoms with Crippen LogP contribution in [0.1, 0.15) is 15.9 Å². The monoisotopic (exact) mass is 382 g/mol. The lowest BCUT2D eigenvalue weighted by Crippen LogP contribution is -2.19. The van der Waals surface area contributed by atoms with Gasteiger partial charge >= 0.3 is 5.97 Å². The topological polar surface area (TPSA) is 85.6 Å². The average Bonchev–Trinajstić information content (AvgIpc) is 3.02. The first kappa shape index (κ1) is 18.7. The second-order valence-electron chi connectivity index (χ2n) is 5.64. The highest BCUT2D eigenvalue weighted by molar-refractivity contribution is 7.99. The van der Waals surface area contributed by atoms with Crippen molar-refractivity contribution in [2.24, 2.45) is 12.1 Å². The zero-order chi connectivity index (χ0) is 19.2. The van der Waals surface area contributed by atoms with Gasteiger partial charge in [0.05, 0.1) is 35.7 Å². The summed E-state index contributed by atoms with van der Waals surface area (Å²) >= 11 is 1.35. The van der Waals surface area contributed by atoms with E-state index in [-0.39, 0.29) is 11.7 Å². The van der Waals surface area contributed by atoms with Crippen LogP contribution in [-0.4, -0.2) is 40.5 Å². The number of aromatic nitrogens is 2. The van der Waals surface area contributed by atoms with Gasteiger partial charge in [0.25, 0.3) is 5.91 Å². The predicted octanol–water partition coefficient (Wildman–Crippen LogP) is 2.60. The van der Waals surface area contributed by atoms with E-state index in [2.05, 4.69) is 20.2 Å². The molecule has 0 radical (unpaired) electrons. The normalized spacial score (nSPS) is 11.0. The first-order chi connectivity index (χ1) is 13.1. The van der Waals surface area contributed by atoms with E-state index in [9.17, 15) is 9.59 Å². The van der Waals surface area contributed by atoms with Gasteiger partial charge in [-0.05, 0) is 29.8 Å². The molecule has 138 valence electrons. The second-order valence-corrected chi connectivity index (χ2v) is 6.58. The Morgan fingerprint density at radius 3 is 2.67 bits per heavy atom. The molecule has 0 spiro atoms. The number of nitrogens with zero attached hydrogens (tertiary/aromatic N) is 3. The van der Waals surface area contributed by atoms with Crippen molar-refractivity contribution >= 4 is 40.9 Å². The van der Waals surface area contributed by atoms with E-state index in [1.54, 1.807) is 24.3 Å². The minimum atomic E-state index is -0.397. The number of hydrogen-bond donors (Lipinski definition) is 1. The molecule has 1 heterocycles. The van der Waals surface area contributed by atoms with E-state index in [0.29, 0.717) is 5.56 Å². The van der Waals surface area contributed by atoms with Gasteiger partial charge in [0.1, 0.15) is 0 Å². The molecule has 0 unspecified atom stereocenters. The van der Waals surface area contributed by atoms with Gasteiger partial charge < -0.3 is 9.30 Å². The van der Waals surface area contributed by atoms with E-state index in [1.807, 2.05) is 35.9 Å². The fourth-order valence-electron chi connectivity index (χ4n) is 2.42. The van der Waals surface area contributed by atoms with Crippen LogP contribution in [0.3, 0.4) is 0 Å². The molecular formula is C19H18N4O3S. The number of methoxy groups -OCH3 is 1. The number of nitrogens with one attached hydrogen (secondary N) is 1. The van der Waals surface area contributed by atoms with Gasteiger partial charge in [-0.2, -0.15) is 5.10 Å². The number of aryl methyl sites for hydroxylation is 1. The summed E-state index contributed by atoms with van der Waals surface area (Å²) in [5.74, 6) is -0.421. The summed E-state index contributed by atoms with van der Waals surface area (Å²) in [6.07, 6.45) is 1.51. The highest BCUT2D eigenvalue weighted by Gasteiger charge is 2.10. The van der Waals surface area contributed by atoms with Crippen molar-refractivity contribution in [3.05, 3.63) is 59.7 Å². The molecule has 8 heteroatoms. The molecule has 0 aliphatic heterocycles. The SMILES string of the molecule is COC(=O)c1ccc(/C=N/NC(=O)CSc2nc3ccccc3n2C)cc1. The number of fused-ring (bicyclic) bond motifs is 1. The number of carbonyl (C=O) groups is 2. The Morgan fingerprint density at radius 2 is 1.96 bits per heavy atom. The molecule has 0 aliphatic carbocycles. The first-order valence-electron chi connectivity index (χ1n) is 8.13. The van der Waals surface area contributed by atoms with Crippen LogP contribution >= 0.6 is 11.8 Å². The minimum absolute atomic E-state index is 0.204. The summed E-state index contributed by atoms with van der Waals surface area (Å²) in [4.78, 5) is 27.9. The Labute approximate surface area is 160 Å². The van der Waals surface area contributed by atoms with Crippen LogP contribution in [0.25, 0.3) is 11.0 Å². The molecule has 0 fully saturated rings. The van der Waals surface area contributed by atoms with E-state index in [4.69, 9.17) is 0 Å². The lowest BCUT2D eigenvalue weighted by molar-refractivity contribution is -0.118. The first-order valence-corrected chi connectivity index (χ1v) is 9.11. The predicted molar refractivity (Wildman–Crippen MR) is 105 cm³/mol. The Hall–Kier alpha value is -3.13. The third kappa shape index (κ3) is 4.53. The van der Waals surface area contributed by atoms with Crippen LogP contribution in [0.4, 0.5) is 0 Å². The third-order valence-electron chi connectivity index (χ3n) is 3.81. The number of benzene rings is 2. The number of amides is 1. The summed E-state index contributed by atoms with van der Waals surface area (Å²) in [6, 6.07) is 14.5. The molecule has 3 aromatic rings. The molecule has 3 rings (SSSR count). The molecule has 0 saturated heterocycles. The summed E-state index contributed by atoms with van der Waals surface area (Å²) in [7, 11) is 3.25. The zero-order valence-electron chi connectivity index (χ0n) is 14.9. The molecular weight excluding hydrogens is 364 g/mol. The van der Waals surface area contributed by atoms with Crippen molar-refractivity contribution in [3.63, 3.8) is 0 Å². The molecule has 2 aromatic carbocycles. The van der Waals surface area contributed by atoms with E-state index < -0.39 is 5.97 Å². The number of esters is 1. The van der Waals surface area contributed by atoms with Gasteiger partial charge in [-0.15, -0.1) is 0 Å². The van der Waals surface area contributed by atoms with Crippen LogP contribution in [0, 0.1) is 0 Å². The van der Waals surface area contributed by atoms with Gasteiger partial charge in [0.2, 0.25) is 0 Å². The molecule has 1 amide bonds. The number of para-hydroxylation sites is 2. The standard InChI is InChI=1S/C19H18N4O3S/c1-23-16-6-4-3-5-15(16)21-19(23)27-12-17(24)22-20-11-13-7-9-14(10-8-13)18(25)26-2/h3-11H,12H2,1-2H3,(H,22,24)/b20-11+. The number of hydrazone groups is 1. The third-order valence-corrected chi connectivity index (χ3v) is 4.84. The van der Waals surface area contributed by atoms with Crippen molar-refractivity contribution in [2.45, 2.75) is 5.16 Å². The van der Waals surface area contributed by atoms with Crippen molar-refractivity contribution in [1.29, 1.82) is 0 Å². The van der Waals surface area contributed by atoms with Crippen molar-refractivity contribution < 1.29 is 14.3 Å². The van der Waals surface area contributed by atoms with Crippen LogP contribution < -0.4 is 5.43 Å². The fraction of sp³-hybridized carbons (Fsp3) is 0.158. The number of imidazole rings is 1. The molecule has 1 aromatic heterocycles. The van der Waals surface area contributed by atoms with Crippen LogP contribution in [0.15, 0.2) is 58.8 Å². The zero-order valence-corrected chi connectivity index (χ0v) is 15.7. The molecule has 0 saturated carbocycles. The molecule has 1 N–H and O–H groups in total. The number of carbonyl (C=O) groups excluding carboxylic acids is 2. The number of thioether (sulfide) groups is 1. The largest absolute Gasteiger partial charge is 0.465 e. The Balaban J connectivity index is 1.52. The number of hydrogen-bond acceptors (Lipinski definition) is 6. The van der Waals surface area contributed by atoms with E-state index in [0.717, 1.165) is 21.8 Å². The number of rotatable bonds is 6. The lowest BCUT2D eigenvalue weighted by atomic mass is 10.1. The van der Waals surface area contributed by atoms with E-state index >= 15 is 0 Å². The maximum Gasteiger partial charge on any atom is 0.337 e. The second kappa shape index (κ2) is 8.50. The fourth-order valence-corrected chi connectivity index (χ4v) is 3.20. The van der Waals surface area contributed by atoms with Gasteiger partial charge in [-0.3, -0.25) is 4.79 Å². The van der Waals surface area contributed by atoms with Crippen molar-refractivity contribution in [1.82, 2.24) is 15.0 Å². The Morgan fingerprint density at radius 1 is 1.22 bits per heavy atom. The molecule has 0 atom stereocenters. The smallest absolute Gasteiger partial charge is 0.337 e. The highest BCUT2D eigenvalue weighted by Crippen LogP contribution is 2.22. The summed E-state index contributed by atoms with van der Waals surface area (Å²) in [5.41, 5.74) is 5.62. The quantitative estimate of drug-likeness (QED) is 0.307. The number of ether oxygens (including phenoxy) is 1. The highest BCUT2D eigenvalue weighted by atomic mass is 32.2. The van der Waals surface area contributed by atoms with Gasteiger partial charge in [-0.25, -0.2) is 15.2 Å². The Kier molecular flexibility index (Phi) is 5.87.